The van der Waals surface area contributed by atoms with Crippen LogP contribution in [-0.2, 0) is 0 Å². The zero-order chi connectivity index (χ0) is 13.1. The van der Waals surface area contributed by atoms with E-state index in [-0.39, 0.29) is 0 Å². The summed E-state index contributed by atoms with van der Waals surface area (Å²) in [6.07, 6.45) is 0. The number of rotatable bonds is 2. The van der Waals surface area contributed by atoms with E-state index in [1.807, 2.05) is 48.2 Å². The highest BCUT2D eigenvalue weighted by molar-refractivity contribution is 7.99. The van der Waals surface area contributed by atoms with Gasteiger partial charge >= 0.3 is 0 Å². The number of benzene rings is 1. The molecule has 0 bridgehead atoms. The van der Waals surface area contributed by atoms with E-state index in [1.165, 1.54) is 0 Å². The van der Waals surface area contributed by atoms with Gasteiger partial charge in [0.2, 0.25) is 0 Å². The van der Waals surface area contributed by atoms with Gasteiger partial charge in [0.15, 0.2) is 5.15 Å². The molecular weight excluding hydrogens is 278 g/mol. The van der Waals surface area contributed by atoms with Gasteiger partial charge in [-0.1, -0.05) is 41.9 Å². The third kappa shape index (κ3) is 2.85. The second-order valence-electron chi connectivity index (χ2n) is 4.37. The summed E-state index contributed by atoms with van der Waals surface area (Å²) < 4.78 is 0. The molecule has 0 saturated carbocycles. The third-order valence-electron chi connectivity index (χ3n) is 3.15. The van der Waals surface area contributed by atoms with Crippen LogP contribution in [0.3, 0.4) is 0 Å². The molecule has 1 aromatic heterocycles. The fraction of sp³-hybridized carbons (Fsp3) is 0.286. The fourth-order valence-corrected chi connectivity index (χ4v) is 3.26. The minimum atomic E-state index is 0.492. The van der Waals surface area contributed by atoms with E-state index in [0.29, 0.717) is 5.15 Å². The van der Waals surface area contributed by atoms with Crippen LogP contribution in [0.25, 0.3) is 11.3 Å². The van der Waals surface area contributed by atoms with Crippen LogP contribution < -0.4 is 4.90 Å². The SMILES string of the molecule is Clc1nnc(-c2ccccc2)cc1N1CCSCC1. The predicted molar refractivity (Wildman–Crippen MR) is 82.0 cm³/mol. The molecule has 2 heterocycles. The zero-order valence-electron chi connectivity index (χ0n) is 10.4. The summed E-state index contributed by atoms with van der Waals surface area (Å²) in [7, 11) is 0. The van der Waals surface area contributed by atoms with E-state index in [1.54, 1.807) is 0 Å². The lowest BCUT2D eigenvalue weighted by atomic mass is 10.1. The van der Waals surface area contributed by atoms with Crippen molar-refractivity contribution in [3.05, 3.63) is 41.6 Å². The molecule has 1 aromatic carbocycles. The highest BCUT2D eigenvalue weighted by atomic mass is 35.5. The number of nitrogens with zero attached hydrogens (tertiary/aromatic N) is 3. The Hall–Kier alpha value is -1.26. The van der Waals surface area contributed by atoms with Gasteiger partial charge in [-0.2, -0.15) is 11.8 Å². The van der Waals surface area contributed by atoms with Gasteiger partial charge in [-0.05, 0) is 6.07 Å². The number of anilines is 1. The van der Waals surface area contributed by atoms with Crippen molar-refractivity contribution in [1.29, 1.82) is 0 Å². The molecule has 2 aromatic rings. The van der Waals surface area contributed by atoms with Gasteiger partial charge in [-0.15, -0.1) is 10.2 Å². The Morgan fingerprint density at radius 2 is 1.79 bits per heavy atom. The van der Waals surface area contributed by atoms with E-state index in [0.717, 1.165) is 41.5 Å². The van der Waals surface area contributed by atoms with Crippen LogP contribution in [0, 0.1) is 0 Å². The maximum atomic E-state index is 6.19. The number of aromatic nitrogens is 2. The standard InChI is InChI=1S/C14H14ClN3S/c15-14-13(18-6-8-19-9-7-18)10-12(16-17-14)11-4-2-1-3-5-11/h1-5,10H,6-9H2. The Balaban J connectivity index is 1.96. The molecule has 98 valence electrons. The van der Waals surface area contributed by atoms with Crippen LogP contribution in [0.5, 0.6) is 0 Å². The minimum Gasteiger partial charge on any atom is -0.367 e. The molecule has 0 aliphatic carbocycles. The van der Waals surface area contributed by atoms with E-state index < -0.39 is 0 Å². The van der Waals surface area contributed by atoms with Crippen LogP contribution >= 0.6 is 23.4 Å². The third-order valence-corrected chi connectivity index (χ3v) is 4.36. The summed E-state index contributed by atoms with van der Waals surface area (Å²) in [6, 6.07) is 12.1. The van der Waals surface area contributed by atoms with E-state index in [9.17, 15) is 0 Å². The molecule has 1 saturated heterocycles. The van der Waals surface area contributed by atoms with Gasteiger partial charge in [-0.25, -0.2) is 0 Å². The molecule has 5 heteroatoms. The second kappa shape index (κ2) is 5.80. The van der Waals surface area contributed by atoms with Crippen LogP contribution in [-0.4, -0.2) is 34.8 Å². The highest BCUT2D eigenvalue weighted by Crippen LogP contribution is 2.29. The van der Waals surface area contributed by atoms with E-state index in [4.69, 9.17) is 11.6 Å². The monoisotopic (exact) mass is 291 g/mol. The van der Waals surface area contributed by atoms with Gasteiger partial charge < -0.3 is 4.90 Å². The quantitative estimate of drug-likeness (QED) is 0.848. The largest absolute Gasteiger partial charge is 0.367 e. The maximum absolute atomic E-state index is 6.19. The average Bonchev–Trinajstić information content (AvgIpc) is 2.49. The molecule has 3 nitrogen and oxygen atoms in total. The Labute approximate surface area is 122 Å². The smallest absolute Gasteiger partial charge is 0.174 e. The lowest BCUT2D eigenvalue weighted by molar-refractivity contribution is 0.848. The normalized spacial score (nSPS) is 15.5. The molecule has 0 amide bonds. The van der Waals surface area contributed by atoms with Gasteiger partial charge in [0.05, 0.1) is 11.4 Å². The van der Waals surface area contributed by atoms with Crippen molar-refractivity contribution >= 4 is 29.1 Å². The van der Waals surface area contributed by atoms with Crippen molar-refractivity contribution < 1.29 is 0 Å². The van der Waals surface area contributed by atoms with Crippen LogP contribution in [0.15, 0.2) is 36.4 Å². The summed E-state index contributed by atoms with van der Waals surface area (Å²) in [6.45, 7) is 2.04. The van der Waals surface area contributed by atoms with Gasteiger partial charge in [-0.3, -0.25) is 0 Å². The molecule has 0 radical (unpaired) electrons. The summed E-state index contributed by atoms with van der Waals surface area (Å²) in [5.74, 6) is 2.28. The molecule has 0 unspecified atom stereocenters. The van der Waals surface area contributed by atoms with Crippen LogP contribution in [0.1, 0.15) is 0 Å². The topological polar surface area (TPSA) is 29.0 Å². The zero-order valence-corrected chi connectivity index (χ0v) is 12.0. The lowest BCUT2D eigenvalue weighted by Gasteiger charge is -2.28. The maximum Gasteiger partial charge on any atom is 0.174 e. The summed E-state index contributed by atoms with van der Waals surface area (Å²) in [5, 5.41) is 8.78. The summed E-state index contributed by atoms with van der Waals surface area (Å²) >= 11 is 8.17. The Bertz CT molecular complexity index is 556. The van der Waals surface area contributed by atoms with Crippen molar-refractivity contribution in [3.8, 4) is 11.3 Å². The molecule has 1 aliphatic rings. The molecule has 19 heavy (non-hydrogen) atoms. The first-order chi connectivity index (χ1) is 9.34. The van der Waals surface area contributed by atoms with E-state index in [2.05, 4.69) is 15.1 Å². The van der Waals surface area contributed by atoms with Crippen molar-refractivity contribution in [2.75, 3.05) is 29.5 Å². The number of hydrogen-bond acceptors (Lipinski definition) is 4. The number of thioether (sulfide) groups is 1. The second-order valence-corrected chi connectivity index (χ2v) is 5.95. The highest BCUT2D eigenvalue weighted by Gasteiger charge is 2.16. The van der Waals surface area contributed by atoms with Crippen molar-refractivity contribution in [2.24, 2.45) is 0 Å². The first-order valence-corrected chi connectivity index (χ1v) is 7.79. The van der Waals surface area contributed by atoms with Crippen molar-refractivity contribution in [2.45, 2.75) is 0 Å². The number of halogens is 1. The molecule has 1 fully saturated rings. The number of hydrogen-bond donors (Lipinski definition) is 0. The molecule has 0 atom stereocenters. The molecular formula is C14H14ClN3S. The van der Waals surface area contributed by atoms with Gasteiger partial charge in [0.25, 0.3) is 0 Å². The average molecular weight is 292 g/mol. The molecule has 3 rings (SSSR count). The Kier molecular flexibility index (Phi) is 3.89. The summed E-state index contributed by atoms with van der Waals surface area (Å²) in [4.78, 5) is 2.29. The molecule has 0 N–H and O–H groups in total. The first-order valence-electron chi connectivity index (χ1n) is 6.26. The van der Waals surface area contributed by atoms with Crippen molar-refractivity contribution in [1.82, 2.24) is 10.2 Å². The van der Waals surface area contributed by atoms with Crippen molar-refractivity contribution in [3.63, 3.8) is 0 Å². The molecule has 0 spiro atoms. The van der Waals surface area contributed by atoms with Gasteiger partial charge in [0.1, 0.15) is 0 Å². The predicted octanol–water partition coefficient (Wildman–Crippen LogP) is 3.35. The Morgan fingerprint density at radius 1 is 1.05 bits per heavy atom. The first kappa shape index (κ1) is 12.8. The van der Waals surface area contributed by atoms with Gasteiger partial charge in [0, 0.05) is 30.2 Å². The van der Waals surface area contributed by atoms with E-state index >= 15 is 0 Å². The lowest BCUT2D eigenvalue weighted by Crippen LogP contribution is -2.32. The summed E-state index contributed by atoms with van der Waals surface area (Å²) in [5.41, 5.74) is 2.94. The fourth-order valence-electron chi connectivity index (χ4n) is 2.14. The Morgan fingerprint density at radius 3 is 2.53 bits per heavy atom. The minimum absolute atomic E-state index is 0.492. The van der Waals surface area contributed by atoms with Crippen LogP contribution in [0.2, 0.25) is 5.15 Å². The van der Waals surface area contributed by atoms with Crippen LogP contribution in [0.4, 0.5) is 5.69 Å². The molecule has 1 aliphatic heterocycles.